The zero-order valence-corrected chi connectivity index (χ0v) is 13.3. The summed E-state index contributed by atoms with van der Waals surface area (Å²) in [6.45, 7) is 5.62. The van der Waals surface area contributed by atoms with Crippen molar-refractivity contribution in [1.29, 1.82) is 0 Å². The Balaban J connectivity index is 1.85. The molecule has 21 heavy (non-hydrogen) atoms. The molecule has 0 bridgehead atoms. The number of rotatable bonds is 8. The van der Waals surface area contributed by atoms with E-state index in [4.69, 9.17) is 15.2 Å². The van der Waals surface area contributed by atoms with Gasteiger partial charge in [0.2, 0.25) is 0 Å². The fourth-order valence-electron chi connectivity index (χ4n) is 3.36. The molecular formula is C17H28N2O2. The molecule has 1 aromatic carbocycles. The lowest BCUT2D eigenvalue weighted by Gasteiger charge is -2.40. The molecule has 0 spiro atoms. The Labute approximate surface area is 128 Å². The van der Waals surface area contributed by atoms with Gasteiger partial charge in [-0.3, -0.25) is 4.90 Å². The summed E-state index contributed by atoms with van der Waals surface area (Å²) in [5, 5.41) is 0. The Hall–Kier alpha value is -1.26. The van der Waals surface area contributed by atoms with Crippen LogP contribution in [0.1, 0.15) is 32.6 Å². The third-order valence-electron chi connectivity index (χ3n) is 4.66. The van der Waals surface area contributed by atoms with E-state index in [-0.39, 0.29) is 5.54 Å². The Morgan fingerprint density at radius 3 is 2.29 bits per heavy atom. The highest BCUT2D eigenvalue weighted by atomic mass is 16.5. The van der Waals surface area contributed by atoms with Crippen molar-refractivity contribution < 1.29 is 9.47 Å². The van der Waals surface area contributed by atoms with Gasteiger partial charge in [0.15, 0.2) is 0 Å². The molecule has 4 heteroatoms. The lowest BCUT2D eigenvalue weighted by atomic mass is 9.95. The van der Waals surface area contributed by atoms with Crippen LogP contribution in [0.2, 0.25) is 0 Å². The van der Waals surface area contributed by atoms with E-state index < -0.39 is 0 Å². The summed E-state index contributed by atoms with van der Waals surface area (Å²) >= 11 is 0. The van der Waals surface area contributed by atoms with Gasteiger partial charge in [0.1, 0.15) is 18.1 Å². The van der Waals surface area contributed by atoms with E-state index in [9.17, 15) is 0 Å². The second-order valence-electron chi connectivity index (χ2n) is 5.74. The third-order valence-corrected chi connectivity index (χ3v) is 4.66. The molecule has 0 heterocycles. The molecule has 0 radical (unpaired) electrons. The first kappa shape index (κ1) is 16.1. The molecule has 1 saturated carbocycles. The highest BCUT2D eigenvalue weighted by molar-refractivity contribution is 5.31. The smallest absolute Gasteiger partial charge is 0.119 e. The van der Waals surface area contributed by atoms with E-state index in [0.29, 0.717) is 6.61 Å². The second-order valence-corrected chi connectivity index (χ2v) is 5.74. The number of ether oxygens (including phenoxy) is 2. The van der Waals surface area contributed by atoms with Gasteiger partial charge >= 0.3 is 0 Å². The maximum absolute atomic E-state index is 6.06. The SMILES string of the molecule is CCN(CCOc1ccc(OC)cc1)C1(CN)CCCC1. The molecule has 2 N–H and O–H groups in total. The highest BCUT2D eigenvalue weighted by Gasteiger charge is 2.37. The number of hydrogen-bond acceptors (Lipinski definition) is 4. The Kier molecular flexibility index (Phi) is 5.88. The van der Waals surface area contributed by atoms with Crippen LogP contribution in [0.4, 0.5) is 0 Å². The van der Waals surface area contributed by atoms with Crippen LogP contribution >= 0.6 is 0 Å². The van der Waals surface area contributed by atoms with Gasteiger partial charge in [-0.15, -0.1) is 0 Å². The molecule has 0 aliphatic heterocycles. The van der Waals surface area contributed by atoms with Crippen molar-refractivity contribution in [2.75, 3.05) is 33.4 Å². The van der Waals surface area contributed by atoms with Crippen LogP contribution in [0.3, 0.4) is 0 Å². The van der Waals surface area contributed by atoms with Crippen LogP contribution < -0.4 is 15.2 Å². The van der Waals surface area contributed by atoms with E-state index in [1.54, 1.807) is 7.11 Å². The van der Waals surface area contributed by atoms with Crippen molar-refractivity contribution in [3.63, 3.8) is 0 Å². The molecule has 0 unspecified atom stereocenters. The van der Waals surface area contributed by atoms with Crippen LogP contribution in [0.15, 0.2) is 24.3 Å². The standard InChI is InChI=1S/C17H28N2O2/c1-3-19(17(14-18)10-4-5-11-17)12-13-21-16-8-6-15(20-2)7-9-16/h6-9H,3-5,10-14,18H2,1-2H3. The van der Waals surface area contributed by atoms with E-state index in [1.165, 1.54) is 25.7 Å². The molecule has 0 atom stereocenters. The summed E-state index contributed by atoms with van der Waals surface area (Å²) in [4.78, 5) is 2.50. The van der Waals surface area contributed by atoms with Crippen molar-refractivity contribution in [3.05, 3.63) is 24.3 Å². The number of likely N-dealkylation sites (N-methyl/N-ethyl adjacent to an activating group) is 1. The monoisotopic (exact) mass is 292 g/mol. The molecule has 1 aliphatic rings. The van der Waals surface area contributed by atoms with Gasteiger partial charge in [-0.2, -0.15) is 0 Å². The quantitative estimate of drug-likeness (QED) is 0.800. The van der Waals surface area contributed by atoms with Crippen LogP contribution in [-0.4, -0.2) is 43.8 Å². The molecule has 1 aliphatic carbocycles. The molecule has 0 saturated heterocycles. The molecule has 0 aromatic heterocycles. The van der Waals surface area contributed by atoms with Crippen LogP contribution in [0.5, 0.6) is 11.5 Å². The zero-order valence-electron chi connectivity index (χ0n) is 13.3. The van der Waals surface area contributed by atoms with Crippen molar-refractivity contribution in [1.82, 2.24) is 4.90 Å². The van der Waals surface area contributed by atoms with Gasteiger partial charge in [-0.1, -0.05) is 19.8 Å². The van der Waals surface area contributed by atoms with Gasteiger partial charge in [0, 0.05) is 18.6 Å². The summed E-state index contributed by atoms with van der Waals surface area (Å²) in [6, 6.07) is 7.74. The lowest BCUT2D eigenvalue weighted by molar-refractivity contribution is 0.0868. The number of hydrogen-bond donors (Lipinski definition) is 1. The molecule has 1 aromatic rings. The Morgan fingerprint density at radius 1 is 1.14 bits per heavy atom. The number of benzene rings is 1. The first-order valence-corrected chi connectivity index (χ1v) is 7.96. The Bertz CT molecular complexity index is 413. The number of nitrogens with two attached hydrogens (primary N) is 1. The maximum atomic E-state index is 6.06. The predicted octanol–water partition coefficient (Wildman–Crippen LogP) is 2.67. The fourth-order valence-corrected chi connectivity index (χ4v) is 3.36. The molecule has 118 valence electrons. The minimum Gasteiger partial charge on any atom is -0.497 e. The summed E-state index contributed by atoms with van der Waals surface area (Å²) in [7, 11) is 1.67. The largest absolute Gasteiger partial charge is 0.497 e. The zero-order chi connectivity index (χ0) is 15.1. The highest BCUT2D eigenvalue weighted by Crippen LogP contribution is 2.34. The number of methoxy groups -OCH3 is 1. The predicted molar refractivity (Wildman–Crippen MR) is 86.0 cm³/mol. The van der Waals surface area contributed by atoms with E-state index in [1.807, 2.05) is 24.3 Å². The topological polar surface area (TPSA) is 47.7 Å². The Morgan fingerprint density at radius 2 is 1.76 bits per heavy atom. The van der Waals surface area contributed by atoms with Crippen molar-refractivity contribution in [2.24, 2.45) is 5.73 Å². The van der Waals surface area contributed by atoms with Crippen molar-refractivity contribution >= 4 is 0 Å². The third kappa shape index (κ3) is 3.89. The van der Waals surface area contributed by atoms with E-state index >= 15 is 0 Å². The molecule has 0 amide bonds. The van der Waals surface area contributed by atoms with Gasteiger partial charge in [-0.25, -0.2) is 0 Å². The van der Waals surface area contributed by atoms with Gasteiger partial charge in [0.05, 0.1) is 7.11 Å². The summed E-state index contributed by atoms with van der Waals surface area (Å²) in [5.41, 5.74) is 6.27. The first-order chi connectivity index (χ1) is 10.2. The average Bonchev–Trinajstić information content (AvgIpc) is 3.02. The van der Waals surface area contributed by atoms with Crippen molar-refractivity contribution in [2.45, 2.75) is 38.1 Å². The van der Waals surface area contributed by atoms with Gasteiger partial charge < -0.3 is 15.2 Å². The fraction of sp³-hybridized carbons (Fsp3) is 0.647. The van der Waals surface area contributed by atoms with Gasteiger partial charge in [-0.05, 0) is 43.7 Å². The number of nitrogens with zero attached hydrogens (tertiary/aromatic N) is 1. The first-order valence-electron chi connectivity index (χ1n) is 7.96. The van der Waals surface area contributed by atoms with Gasteiger partial charge in [0.25, 0.3) is 0 Å². The minimum atomic E-state index is 0.206. The molecule has 1 fully saturated rings. The van der Waals surface area contributed by atoms with Crippen molar-refractivity contribution in [3.8, 4) is 11.5 Å². The maximum Gasteiger partial charge on any atom is 0.119 e. The summed E-state index contributed by atoms with van der Waals surface area (Å²) < 4.78 is 11.0. The van der Waals surface area contributed by atoms with Crippen LogP contribution in [-0.2, 0) is 0 Å². The normalized spacial score (nSPS) is 17.1. The average molecular weight is 292 g/mol. The van der Waals surface area contributed by atoms with E-state index in [0.717, 1.165) is 31.1 Å². The van der Waals surface area contributed by atoms with Crippen LogP contribution in [0, 0.1) is 0 Å². The lowest BCUT2D eigenvalue weighted by Crippen LogP contribution is -2.53. The molecule has 4 nitrogen and oxygen atoms in total. The minimum absolute atomic E-state index is 0.206. The summed E-state index contributed by atoms with van der Waals surface area (Å²) in [5.74, 6) is 1.74. The second kappa shape index (κ2) is 7.66. The molecular weight excluding hydrogens is 264 g/mol. The summed E-state index contributed by atoms with van der Waals surface area (Å²) in [6.07, 6.45) is 5.04. The van der Waals surface area contributed by atoms with Crippen LogP contribution in [0.25, 0.3) is 0 Å². The van der Waals surface area contributed by atoms with E-state index in [2.05, 4.69) is 11.8 Å². The molecule has 2 rings (SSSR count).